The van der Waals surface area contributed by atoms with Crippen LogP contribution in [0, 0.1) is 17.2 Å². The summed E-state index contributed by atoms with van der Waals surface area (Å²) >= 11 is 0. The molecule has 0 spiro atoms. The monoisotopic (exact) mass is 347 g/mol. The summed E-state index contributed by atoms with van der Waals surface area (Å²) in [6, 6.07) is 10.3. The van der Waals surface area contributed by atoms with Gasteiger partial charge in [0.25, 0.3) is 0 Å². The van der Waals surface area contributed by atoms with Crippen LogP contribution in [0.15, 0.2) is 47.2 Å². The minimum atomic E-state index is 0.413. The number of hydrogen-bond donors (Lipinski definition) is 1. The average molecular weight is 347 g/mol. The quantitative estimate of drug-likeness (QED) is 0.862. The van der Waals surface area contributed by atoms with Crippen molar-refractivity contribution in [1.29, 1.82) is 5.26 Å². The van der Waals surface area contributed by atoms with Gasteiger partial charge in [0.05, 0.1) is 11.1 Å². The van der Waals surface area contributed by atoms with Crippen molar-refractivity contribution in [3.05, 3.63) is 53.4 Å². The van der Waals surface area contributed by atoms with Crippen LogP contribution in [0.5, 0.6) is 0 Å². The molecule has 5 heteroatoms. The number of pyridine rings is 1. The summed E-state index contributed by atoms with van der Waals surface area (Å²) in [4.78, 5) is 11.0. The van der Waals surface area contributed by atoms with Crippen LogP contribution in [0.25, 0.3) is 10.9 Å². The number of nitriles is 1. The molecular formula is C21H25N5. The third-order valence-corrected chi connectivity index (χ3v) is 5.01. The predicted molar refractivity (Wildman–Crippen MR) is 106 cm³/mol. The lowest BCUT2D eigenvalue weighted by Gasteiger charge is -2.37. The highest BCUT2D eigenvalue weighted by Gasteiger charge is 2.27. The van der Waals surface area contributed by atoms with E-state index in [0.717, 1.165) is 42.5 Å². The fraction of sp³-hybridized carbons (Fsp3) is 0.381. The standard InChI is InChI=1S/C21H25N5/c1-15-8-18(14-26(12-15)13-16(9-22)11-24-2)19-6-5-17(10-23)21-20(19)4-3-7-25-21/h3-7,9,11,15,18H,8,12-14,22H2,1-2H3. The van der Waals surface area contributed by atoms with Crippen molar-refractivity contribution >= 4 is 17.1 Å². The van der Waals surface area contributed by atoms with Crippen molar-refractivity contribution in [1.82, 2.24) is 9.88 Å². The van der Waals surface area contributed by atoms with Gasteiger partial charge in [-0.3, -0.25) is 14.9 Å². The second-order valence-corrected chi connectivity index (χ2v) is 7.07. The predicted octanol–water partition coefficient (Wildman–Crippen LogP) is 3.08. The molecule has 1 saturated heterocycles. The maximum atomic E-state index is 9.37. The highest BCUT2D eigenvalue weighted by molar-refractivity contribution is 5.87. The van der Waals surface area contributed by atoms with Crippen molar-refractivity contribution in [3.8, 4) is 6.07 Å². The Labute approximate surface area is 154 Å². The molecule has 0 bridgehead atoms. The Balaban J connectivity index is 1.92. The average Bonchev–Trinajstić information content (AvgIpc) is 2.66. The van der Waals surface area contributed by atoms with Crippen molar-refractivity contribution in [3.63, 3.8) is 0 Å². The number of likely N-dealkylation sites (tertiary alicyclic amines) is 1. The summed E-state index contributed by atoms with van der Waals surface area (Å²) in [5, 5.41) is 10.5. The zero-order valence-corrected chi connectivity index (χ0v) is 15.4. The maximum absolute atomic E-state index is 9.37. The van der Waals surface area contributed by atoms with Gasteiger partial charge in [0.2, 0.25) is 0 Å². The van der Waals surface area contributed by atoms with Crippen LogP contribution in [0.4, 0.5) is 0 Å². The zero-order chi connectivity index (χ0) is 18.5. The fourth-order valence-electron chi connectivity index (χ4n) is 4.02. The van der Waals surface area contributed by atoms with Crippen molar-refractivity contribution < 1.29 is 0 Å². The first-order valence-corrected chi connectivity index (χ1v) is 8.99. The first kappa shape index (κ1) is 18.1. The number of nitrogens with zero attached hydrogens (tertiary/aromatic N) is 4. The van der Waals surface area contributed by atoms with E-state index in [0.29, 0.717) is 17.4 Å². The number of aromatic nitrogens is 1. The molecule has 2 atom stereocenters. The van der Waals surface area contributed by atoms with E-state index in [2.05, 4.69) is 40.0 Å². The summed E-state index contributed by atoms with van der Waals surface area (Å²) < 4.78 is 0. The molecule has 2 N–H and O–H groups in total. The Morgan fingerprint density at radius 1 is 1.42 bits per heavy atom. The summed E-state index contributed by atoms with van der Waals surface area (Å²) in [5.41, 5.74) is 9.50. The van der Waals surface area contributed by atoms with Crippen LogP contribution >= 0.6 is 0 Å². The minimum absolute atomic E-state index is 0.413. The summed E-state index contributed by atoms with van der Waals surface area (Å²) in [6.07, 6.45) is 6.36. The van der Waals surface area contributed by atoms with Gasteiger partial charge in [-0.2, -0.15) is 5.26 Å². The molecule has 1 aliphatic rings. The van der Waals surface area contributed by atoms with Gasteiger partial charge in [-0.25, -0.2) is 0 Å². The molecule has 2 heterocycles. The molecule has 0 amide bonds. The molecule has 1 aromatic heterocycles. The summed E-state index contributed by atoms with van der Waals surface area (Å²) in [6.45, 7) is 5.12. The van der Waals surface area contributed by atoms with Crippen molar-refractivity contribution in [2.45, 2.75) is 19.3 Å². The van der Waals surface area contributed by atoms with Crippen LogP contribution in [0.2, 0.25) is 0 Å². The molecule has 1 aromatic carbocycles. The van der Waals surface area contributed by atoms with E-state index in [4.69, 9.17) is 5.73 Å². The van der Waals surface area contributed by atoms with Crippen LogP contribution in [0.1, 0.15) is 30.4 Å². The maximum Gasteiger partial charge on any atom is 0.101 e. The van der Waals surface area contributed by atoms with E-state index in [9.17, 15) is 5.26 Å². The van der Waals surface area contributed by atoms with E-state index in [1.165, 1.54) is 5.56 Å². The van der Waals surface area contributed by atoms with Crippen LogP contribution in [-0.2, 0) is 0 Å². The lowest BCUT2D eigenvalue weighted by Crippen LogP contribution is -2.40. The number of hydrogen-bond acceptors (Lipinski definition) is 5. The molecule has 1 aliphatic heterocycles. The molecule has 0 radical (unpaired) electrons. The lowest BCUT2D eigenvalue weighted by molar-refractivity contribution is 0.178. The third-order valence-electron chi connectivity index (χ3n) is 5.01. The summed E-state index contributed by atoms with van der Waals surface area (Å²) in [5.74, 6) is 1.00. The van der Waals surface area contributed by atoms with Crippen LogP contribution in [-0.4, -0.2) is 42.8 Å². The Bertz CT molecular complexity index is 878. The van der Waals surface area contributed by atoms with E-state index in [1.54, 1.807) is 19.4 Å². The number of benzene rings is 1. The number of nitrogens with two attached hydrogens (primary N) is 1. The van der Waals surface area contributed by atoms with Gasteiger partial charge < -0.3 is 5.73 Å². The van der Waals surface area contributed by atoms with E-state index in [1.807, 2.05) is 18.3 Å². The number of aliphatic imine (C=N–C) groups is 1. The number of fused-ring (bicyclic) bond motifs is 1. The Morgan fingerprint density at radius 3 is 3.00 bits per heavy atom. The molecule has 134 valence electrons. The van der Waals surface area contributed by atoms with Gasteiger partial charge in [-0.1, -0.05) is 19.1 Å². The molecule has 5 nitrogen and oxygen atoms in total. The second-order valence-electron chi connectivity index (χ2n) is 7.07. The summed E-state index contributed by atoms with van der Waals surface area (Å²) in [7, 11) is 1.76. The smallest absolute Gasteiger partial charge is 0.101 e. The van der Waals surface area contributed by atoms with Gasteiger partial charge in [-0.05, 0) is 47.7 Å². The normalized spacial score (nSPS) is 22.0. The first-order chi connectivity index (χ1) is 12.7. The number of rotatable bonds is 4. The van der Waals surface area contributed by atoms with Crippen LogP contribution < -0.4 is 5.73 Å². The topological polar surface area (TPSA) is 78.3 Å². The van der Waals surface area contributed by atoms with Gasteiger partial charge in [0.15, 0.2) is 0 Å². The molecule has 26 heavy (non-hydrogen) atoms. The van der Waals surface area contributed by atoms with Gasteiger partial charge in [-0.15, -0.1) is 0 Å². The number of piperidine rings is 1. The molecular weight excluding hydrogens is 322 g/mol. The Hall–Kier alpha value is -2.71. The van der Waals surface area contributed by atoms with Crippen molar-refractivity contribution in [2.24, 2.45) is 16.6 Å². The minimum Gasteiger partial charge on any atom is -0.404 e. The molecule has 0 aliphatic carbocycles. The molecule has 3 rings (SSSR count). The molecule has 2 aromatic rings. The molecule has 2 unspecified atom stereocenters. The van der Waals surface area contributed by atoms with Crippen LogP contribution in [0.3, 0.4) is 0 Å². The first-order valence-electron chi connectivity index (χ1n) is 8.99. The van der Waals surface area contributed by atoms with Gasteiger partial charge in [0, 0.05) is 44.5 Å². The largest absolute Gasteiger partial charge is 0.404 e. The van der Waals surface area contributed by atoms with E-state index in [-0.39, 0.29) is 0 Å². The highest BCUT2D eigenvalue weighted by Crippen LogP contribution is 2.34. The van der Waals surface area contributed by atoms with Gasteiger partial charge in [0.1, 0.15) is 6.07 Å². The molecule has 1 fully saturated rings. The lowest BCUT2D eigenvalue weighted by atomic mass is 9.83. The third kappa shape index (κ3) is 3.76. The van der Waals surface area contributed by atoms with E-state index >= 15 is 0 Å². The fourth-order valence-corrected chi connectivity index (χ4v) is 4.02. The van der Waals surface area contributed by atoms with E-state index < -0.39 is 0 Å². The molecule has 0 saturated carbocycles. The zero-order valence-electron chi connectivity index (χ0n) is 15.4. The van der Waals surface area contributed by atoms with Crippen molar-refractivity contribution in [2.75, 3.05) is 26.7 Å². The second kappa shape index (κ2) is 8.11. The SMILES string of the molecule is CN=CC(=CN)CN1CC(C)CC(c2ccc(C#N)c3ncccc23)C1. The Morgan fingerprint density at radius 2 is 2.27 bits per heavy atom. The Kier molecular flexibility index (Phi) is 5.65. The van der Waals surface area contributed by atoms with Gasteiger partial charge >= 0.3 is 0 Å². The highest BCUT2D eigenvalue weighted by atomic mass is 15.1.